The fourth-order valence-corrected chi connectivity index (χ4v) is 1.68. The number of ether oxygens (including phenoxy) is 1. The number of carbonyl (C=O) groups is 2. The maximum atomic E-state index is 11.9. The summed E-state index contributed by atoms with van der Waals surface area (Å²) in [5, 5.41) is 13.0. The number of methoxy groups -OCH3 is 1. The number of carbonyl (C=O) groups excluding carboxylic acids is 2. The second-order valence-corrected chi connectivity index (χ2v) is 4.19. The Kier molecular flexibility index (Phi) is 4.50. The molecule has 2 amide bonds. The van der Waals surface area contributed by atoms with E-state index < -0.39 is 0 Å². The normalized spacial score (nSPS) is 10.0. The quantitative estimate of drug-likeness (QED) is 0.851. The van der Waals surface area contributed by atoms with Crippen molar-refractivity contribution in [3.63, 3.8) is 0 Å². The van der Waals surface area contributed by atoms with Crippen LogP contribution in [0.3, 0.4) is 0 Å². The average Bonchev–Trinajstić information content (AvgIpc) is 2.85. The van der Waals surface area contributed by atoms with E-state index >= 15 is 0 Å². The monoisotopic (exact) mass is 289 g/mol. The molecule has 1 aromatic heterocycles. The van der Waals surface area contributed by atoms with Crippen LogP contribution in [0.5, 0.6) is 5.75 Å². The summed E-state index contributed by atoms with van der Waals surface area (Å²) in [5.74, 6) is 0.316. The first-order valence-corrected chi connectivity index (χ1v) is 6.19. The van der Waals surface area contributed by atoms with Crippen molar-refractivity contribution in [2.75, 3.05) is 17.7 Å². The Morgan fingerprint density at radius 2 is 2.05 bits per heavy atom. The van der Waals surface area contributed by atoms with Crippen LogP contribution in [0.4, 0.5) is 11.5 Å². The molecule has 0 aliphatic carbocycles. The maximum Gasteiger partial charge on any atom is 0.248 e. The van der Waals surface area contributed by atoms with E-state index in [-0.39, 0.29) is 18.4 Å². The van der Waals surface area contributed by atoms with Gasteiger partial charge in [0.15, 0.2) is 5.82 Å². The number of hydrogen-bond donors (Lipinski definition) is 2. The van der Waals surface area contributed by atoms with Crippen molar-refractivity contribution in [3.8, 4) is 5.75 Å². The standard InChI is InChI=1S/C13H15N5O3/c1-9(19)15-12-7-14-18(17-12)8-13(20)16-10-5-3-4-6-11(10)21-2/h3-7H,8H2,1-2H3,(H,16,20)(H,15,17,19). The molecule has 1 aromatic carbocycles. The van der Waals surface area contributed by atoms with Crippen molar-refractivity contribution in [2.24, 2.45) is 0 Å². The van der Waals surface area contributed by atoms with Crippen LogP contribution in [-0.2, 0) is 16.1 Å². The second kappa shape index (κ2) is 6.51. The topological polar surface area (TPSA) is 98.1 Å². The zero-order valence-corrected chi connectivity index (χ0v) is 11.7. The molecule has 8 heteroatoms. The van der Waals surface area contributed by atoms with Gasteiger partial charge >= 0.3 is 0 Å². The van der Waals surface area contributed by atoms with E-state index in [1.807, 2.05) is 6.07 Å². The summed E-state index contributed by atoms with van der Waals surface area (Å²) in [6, 6.07) is 7.08. The summed E-state index contributed by atoms with van der Waals surface area (Å²) in [4.78, 5) is 24.0. The number of para-hydroxylation sites is 2. The van der Waals surface area contributed by atoms with E-state index in [1.165, 1.54) is 25.0 Å². The number of rotatable bonds is 5. The molecule has 0 aliphatic heterocycles. The Balaban J connectivity index is 1.98. The molecule has 21 heavy (non-hydrogen) atoms. The molecule has 0 fully saturated rings. The fourth-order valence-electron chi connectivity index (χ4n) is 1.68. The first-order chi connectivity index (χ1) is 10.1. The van der Waals surface area contributed by atoms with Gasteiger partial charge in [0.1, 0.15) is 12.3 Å². The van der Waals surface area contributed by atoms with Gasteiger partial charge in [-0.1, -0.05) is 12.1 Å². The molecule has 8 nitrogen and oxygen atoms in total. The van der Waals surface area contributed by atoms with Crippen molar-refractivity contribution in [1.82, 2.24) is 15.0 Å². The van der Waals surface area contributed by atoms with E-state index in [0.29, 0.717) is 17.3 Å². The molecule has 0 aliphatic rings. The molecule has 110 valence electrons. The number of hydrogen-bond acceptors (Lipinski definition) is 5. The third-order valence-corrected chi connectivity index (χ3v) is 2.51. The molecular weight excluding hydrogens is 274 g/mol. The molecule has 0 spiro atoms. The summed E-state index contributed by atoms with van der Waals surface area (Å²) in [7, 11) is 1.53. The van der Waals surface area contributed by atoms with Gasteiger partial charge in [0.25, 0.3) is 0 Å². The SMILES string of the molecule is COc1ccccc1NC(=O)Cn1ncc(NC(C)=O)n1. The Labute approximate surface area is 121 Å². The van der Waals surface area contributed by atoms with Gasteiger partial charge in [0, 0.05) is 6.92 Å². The van der Waals surface area contributed by atoms with Crippen LogP contribution in [0.15, 0.2) is 30.5 Å². The predicted octanol–water partition coefficient (Wildman–Crippen LogP) is 0.884. The summed E-state index contributed by atoms with van der Waals surface area (Å²) in [5.41, 5.74) is 0.569. The molecule has 2 aromatic rings. The largest absolute Gasteiger partial charge is 0.495 e. The van der Waals surface area contributed by atoms with Gasteiger partial charge < -0.3 is 15.4 Å². The third kappa shape index (κ3) is 4.03. The highest BCUT2D eigenvalue weighted by Gasteiger charge is 2.09. The fraction of sp³-hybridized carbons (Fsp3) is 0.231. The molecule has 0 unspecified atom stereocenters. The van der Waals surface area contributed by atoms with Crippen LogP contribution < -0.4 is 15.4 Å². The van der Waals surface area contributed by atoms with E-state index in [1.54, 1.807) is 18.2 Å². The van der Waals surface area contributed by atoms with Gasteiger partial charge in [-0.05, 0) is 12.1 Å². The van der Waals surface area contributed by atoms with Crippen molar-refractivity contribution in [1.29, 1.82) is 0 Å². The van der Waals surface area contributed by atoms with Crippen LogP contribution in [0.25, 0.3) is 0 Å². The van der Waals surface area contributed by atoms with Gasteiger partial charge in [0.2, 0.25) is 11.8 Å². The lowest BCUT2D eigenvalue weighted by Gasteiger charge is -2.09. The summed E-state index contributed by atoms with van der Waals surface area (Å²) in [6.45, 7) is 1.30. The highest BCUT2D eigenvalue weighted by Crippen LogP contribution is 2.22. The van der Waals surface area contributed by atoms with Crippen LogP contribution in [0, 0.1) is 0 Å². The van der Waals surface area contributed by atoms with Gasteiger partial charge in [-0.2, -0.15) is 9.90 Å². The summed E-state index contributed by atoms with van der Waals surface area (Å²) in [6.07, 6.45) is 1.37. The smallest absolute Gasteiger partial charge is 0.248 e. The molecule has 2 N–H and O–H groups in total. The Bertz CT molecular complexity index is 653. The molecule has 0 bridgehead atoms. The Hall–Kier alpha value is -2.90. The van der Waals surface area contributed by atoms with E-state index in [4.69, 9.17) is 4.74 Å². The Morgan fingerprint density at radius 1 is 1.29 bits per heavy atom. The lowest BCUT2D eigenvalue weighted by molar-refractivity contribution is -0.117. The first kappa shape index (κ1) is 14.5. The number of nitrogens with one attached hydrogen (secondary N) is 2. The highest BCUT2D eigenvalue weighted by atomic mass is 16.5. The summed E-state index contributed by atoms with van der Waals surface area (Å²) >= 11 is 0. The molecular formula is C13H15N5O3. The molecule has 0 saturated carbocycles. The van der Waals surface area contributed by atoms with Gasteiger partial charge in [0.05, 0.1) is 19.0 Å². The Morgan fingerprint density at radius 3 is 2.76 bits per heavy atom. The molecule has 0 atom stereocenters. The molecule has 0 saturated heterocycles. The number of benzene rings is 1. The van der Waals surface area contributed by atoms with Crippen LogP contribution >= 0.6 is 0 Å². The van der Waals surface area contributed by atoms with Gasteiger partial charge in [-0.15, -0.1) is 5.10 Å². The van der Waals surface area contributed by atoms with Gasteiger partial charge in [-0.3, -0.25) is 9.59 Å². The lowest BCUT2D eigenvalue weighted by Crippen LogP contribution is -2.20. The van der Waals surface area contributed by atoms with E-state index in [2.05, 4.69) is 20.8 Å². The molecule has 2 rings (SSSR count). The van der Waals surface area contributed by atoms with Crippen LogP contribution in [0.1, 0.15) is 6.92 Å². The minimum atomic E-state index is -0.301. The van der Waals surface area contributed by atoms with Gasteiger partial charge in [-0.25, -0.2) is 0 Å². The second-order valence-electron chi connectivity index (χ2n) is 4.19. The number of amides is 2. The van der Waals surface area contributed by atoms with Crippen LogP contribution in [-0.4, -0.2) is 33.9 Å². The van der Waals surface area contributed by atoms with E-state index in [9.17, 15) is 9.59 Å². The van der Waals surface area contributed by atoms with E-state index in [0.717, 1.165) is 0 Å². The molecule has 0 radical (unpaired) electrons. The lowest BCUT2D eigenvalue weighted by atomic mass is 10.3. The minimum absolute atomic E-state index is 0.0718. The van der Waals surface area contributed by atoms with Crippen molar-refractivity contribution >= 4 is 23.3 Å². The maximum absolute atomic E-state index is 11.9. The number of nitrogens with zero attached hydrogens (tertiary/aromatic N) is 3. The van der Waals surface area contributed by atoms with Crippen molar-refractivity contribution in [2.45, 2.75) is 13.5 Å². The van der Waals surface area contributed by atoms with Crippen molar-refractivity contribution in [3.05, 3.63) is 30.5 Å². The van der Waals surface area contributed by atoms with Crippen LogP contribution in [0.2, 0.25) is 0 Å². The highest BCUT2D eigenvalue weighted by molar-refractivity contribution is 5.92. The zero-order chi connectivity index (χ0) is 15.2. The minimum Gasteiger partial charge on any atom is -0.495 e. The number of aromatic nitrogens is 3. The molecule has 1 heterocycles. The summed E-state index contributed by atoms with van der Waals surface area (Å²) < 4.78 is 5.14. The first-order valence-electron chi connectivity index (χ1n) is 6.19. The third-order valence-electron chi connectivity index (χ3n) is 2.51. The zero-order valence-electron chi connectivity index (χ0n) is 11.7. The van der Waals surface area contributed by atoms with Crippen molar-refractivity contribution < 1.29 is 14.3 Å². The number of anilines is 2. The predicted molar refractivity (Wildman–Crippen MR) is 75.9 cm³/mol. The average molecular weight is 289 g/mol.